The summed E-state index contributed by atoms with van der Waals surface area (Å²) in [5.74, 6) is 3.06. The van der Waals surface area contributed by atoms with Gasteiger partial charge in [-0.15, -0.1) is 0 Å². The summed E-state index contributed by atoms with van der Waals surface area (Å²) in [6, 6.07) is 15.0. The van der Waals surface area contributed by atoms with Gasteiger partial charge >= 0.3 is 0 Å². The minimum Gasteiger partial charge on any atom is -0.493 e. The quantitative estimate of drug-likeness (QED) is 0.368. The fraction of sp³-hybridized carbons (Fsp3) is 0.323. The Bertz CT molecular complexity index is 1440. The minimum atomic E-state index is -0.491. The third kappa shape index (κ3) is 4.61. The highest BCUT2D eigenvalue weighted by Crippen LogP contribution is 2.50. The third-order valence-corrected chi connectivity index (χ3v) is 7.51. The number of nitrogens with one attached hydrogen (secondary N) is 2. The second-order valence-electron chi connectivity index (χ2n) is 9.55. The van der Waals surface area contributed by atoms with E-state index in [1.165, 1.54) is 0 Å². The van der Waals surface area contributed by atoms with Crippen molar-refractivity contribution < 1.29 is 33.2 Å². The highest BCUT2D eigenvalue weighted by molar-refractivity contribution is 6.01. The Morgan fingerprint density at radius 2 is 1.30 bits per heavy atom. The van der Waals surface area contributed by atoms with Crippen molar-refractivity contribution in [2.45, 2.75) is 24.8 Å². The molecule has 3 aromatic carbocycles. The van der Waals surface area contributed by atoms with Crippen molar-refractivity contribution in [3.63, 3.8) is 0 Å². The molecule has 0 amide bonds. The molecule has 0 spiro atoms. The van der Waals surface area contributed by atoms with Gasteiger partial charge in [-0.25, -0.2) is 0 Å². The molecular formula is C31H34N2O7. The largest absolute Gasteiger partial charge is 0.493 e. The predicted molar refractivity (Wildman–Crippen MR) is 153 cm³/mol. The van der Waals surface area contributed by atoms with Gasteiger partial charge in [0, 0.05) is 23.3 Å². The van der Waals surface area contributed by atoms with Crippen LogP contribution < -0.4 is 39.1 Å². The summed E-state index contributed by atoms with van der Waals surface area (Å²) in [5.41, 5.74) is 4.96. The molecule has 0 fully saturated rings. The van der Waals surface area contributed by atoms with E-state index >= 15 is 0 Å². The zero-order valence-electron chi connectivity index (χ0n) is 23.5. The number of hydrogen-bond donors (Lipinski definition) is 2. The summed E-state index contributed by atoms with van der Waals surface area (Å²) < 4.78 is 33.7. The second kappa shape index (κ2) is 11.3. The topological polar surface area (TPSA) is 96.5 Å². The molecule has 9 nitrogen and oxygen atoms in total. The number of anilines is 2. The molecule has 1 aliphatic carbocycles. The maximum Gasteiger partial charge on any atom is 0.203 e. The zero-order valence-corrected chi connectivity index (χ0v) is 23.5. The first-order valence-electron chi connectivity index (χ1n) is 12.9. The van der Waals surface area contributed by atoms with Gasteiger partial charge in [0.1, 0.15) is 0 Å². The van der Waals surface area contributed by atoms with Crippen molar-refractivity contribution in [2.75, 3.05) is 53.3 Å². The van der Waals surface area contributed by atoms with Crippen molar-refractivity contribution in [3.8, 4) is 34.5 Å². The van der Waals surface area contributed by atoms with Crippen LogP contribution in [0.2, 0.25) is 0 Å². The van der Waals surface area contributed by atoms with Crippen LogP contribution in [0, 0.1) is 0 Å². The number of carbonyl (C=O) groups excluding carboxylic acids is 1. The number of ether oxygens (including phenoxy) is 6. The van der Waals surface area contributed by atoms with Gasteiger partial charge in [-0.2, -0.15) is 0 Å². The molecule has 2 atom stereocenters. The van der Waals surface area contributed by atoms with Gasteiger partial charge in [0.15, 0.2) is 28.8 Å². The molecule has 40 heavy (non-hydrogen) atoms. The predicted octanol–water partition coefficient (Wildman–Crippen LogP) is 5.72. The number of Topliss-reactive ketones (excluding diaryl/α,β-unsaturated/α-hetero) is 1. The molecule has 1 aliphatic heterocycles. The summed E-state index contributed by atoms with van der Waals surface area (Å²) in [7, 11) is 9.48. The van der Waals surface area contributed by atoms with E-state index in [2.05, 4.69) is 10.6 Å². The van der Waals surface area contributed by atoms with E-state index in [-0.39, 0.29) is 11.7 Å². The average Bonchev–Trinajstić information content (AvgIpc) is 3.16. The van der Waals surface area contributed by atoms with Crippen LogP contribution in [-0.2, 0) is 4.79 Å². The Balaban J connectivity index is 1.65. The maximum atomic E-state index is 14.1. The Hall–Kier alpha value is -4.53. The lowest BCUT2D eigenvalue weighted by atomic mass is 9.78. The Morgan fingerprint density at radius 1 is 0.675 bits per heavy atom. The number of fused-ring (bicyclic) bond motifs is 1. The van der Waals surface area contributed by atoms with Gasteiger partial charge in [0.2, 0.25) is 11.5 Å². The van der Waals surface area contributed by atoms with E-state index in [0.29, 0.717) is 52.9 Å². The van der Waals surface area contributed by atoms with Crippen LogP contribution in [0.15, 0.2) is 59.8 Å². The monoisotopic (exact) mass is 546 g/mol. The van der Waals surface area contributed by atoms with E-state index in [1.54, 1.807) is 42.7 Å². The molecule has 2 aliphatic rings. The Morgan fingerprint density at radius 3 is 1.90 bits per heavy atom. The van der Waals surface area contributed by atoms with Crippen molar-refractivity contribution in [1.82, 2.24) is 0 Å². The number of allylic oxidation sites excluding steroid dienone is 1. The first kappa shape index (κ1) is 27.1. The average molecular weight is 547 g/mol. The lowest BCUT2D eigenvalue weighted by Crippen LogP contribution is -2.27. The maximum absolute atomic E-state index is 14.1. The van der Waals surface area contributed by atoms with Crippen molar-refractivity contribution in [3.05, 3.63) is 70.9 Å². The first-order chi connectivity index (χ1) is 19.5. The summed E-state index contributed by atoms with van der Waals surface area (Å²) in [5, 5.41) is 7.17. The Labute approximate surface area is 234 Å². The SMILES string of the molecule is COc1cc([C@H]2CC(=O)C3=C(C2)Nc2ccccc2N[C@@H]3c2ccc(OC)c(OC)c2OC)cc(OC)c1OC. The molecule has 5 rings (SSSR count). The number of carbonyl (C=O) groups is 1. The summed E-state index contributed by atoms with van der Waals surface area (Å²) in [6.45, 7) is 0. The minimum absolute atomic E-state index is 0.0228. The molecule has 0 saturated carbocycles. The highest BCUT2D eigenvalue weighted by Gasteiger charge is 2.38. The summed E-state index contributed by atoms with van der Waals surface area (Å²) in [4.78, 5) is 14.1. The van der Waals surface area contributed by atoms with Crippen molar-refractivity contribution in [2.24, 2.45) is 0 Å². The number of benzene rings is 3. The van der Waals surface area contributed by atoms with Crippen LogP contribution in [0.25, 0.3) is 0 Å². The molecule has 0 bridgehead atoms. The molecule has 3 aromatic rings. The molecule has 2 N–H and O–H groups in total. The standard InChI is InChI=1S/C31H34N2O7/c1-35-24-12-11-19(29(38-4)31(24)40-6)28-27-22(32-20-9-7-8-10-21(20)33-28)13-17(14-23(27)34)18-15-25(36-2)30(39-5)26(16-18)37-3/h7-12,15-17,28,32-33H,13-14H2,1-6H3/t17-,28-/m1/s1. The van der Waals surface area contributed by atoms with Crippen molar-refractivity contribution in [1.29, 1.82) is 0 Å². The van der Waals surface area contributed by atoms with Gasteiger partial charge in [-0.05, 0) is 54.3 Å². The number of para-hydroxylation sites is 2. The first-order valence-corrected chi connectivity index (χ1v) is 12.9. The van der Waals surface area contributed by atoms with E-state index in [1.807, 2.05) is 48.5 Å². The van der Waals surface area contributed by atoms with Gasteiger partial charge in [-0.3, -0.25) is 4.79 Å². The number of hydrogen-bond acceptors (Lipinski definition) is 9. The Kier molecular flexibility index (Phi) is 7.64. The molecule has 0 unspecified atom stereocenters. The normalized spacial score (nSPS) is 17.9. The fourth-order valence-electron chi connectivity index (χ4n) is 5.65. The van der Waals surface area contributed by atoms with Crippen LogP contribution in [0.3, 0.4) is 0 Å². The molecular weight excluding hydrogens is 512 g/mol. The van der Waals surface area contributed by atoms with E-state index in [4.69, 9.17) is 28.4 Å². The smallest absolute Gasteiger partial charge is 0.203 e. The second-order valence-corrected chi connectivity index (χ2v) is 9.55. The number of methoxy groups -OCH3 is 6. The van der Waals surface area contributed by atoms with Crippen LogP contribution in [0.1, 0.15) is 35.9 Å². The highest BCUT2D eigenvalue weighted by atomic mass is 16.5. The van der Waals surface area contributed by atoms with E-state index in [9.17, 15) is 4.79 Å². The molecule has 0 aromatic heterocycles. The van der Waals surface area contributed by atoms with E-state index < -0.39 is 6.04 Å². The fourth-order valence-corrected chi connectivity index (χ4v) is 5.65. The summed E-state index contributed by atoms with van der Waals surface area (Å²) >= 11 is 0. The number of ketones is 1. The third-order valence-electron chi connectivity index (χ3n) is 7.51. The van der Waals surface area contributed by atoms with Gasteiger partial charge < -0.3 is 39.1 Å². The molecule has 0 radical (unpaired) electrons. The molecule has 1 heterocycles. The number of rotatable bonds is 8. The lowest BCUT2D eigenvalue weighted by Gasteiger charge is -2.31. The summed E-state index contributed by atoms with van der Waals surface area (Å²) in [6.07, 6.45) is 0.908. The van der Waals surface area contributed by atoms with Crippen LogP contribution >= 0.6 is 0 Å². The van der Waals surface area contributed by atoms with E-state index in [0.717, 1.165) is 28.2 Å². The van der Waals surface area contributed by atoms with Crippen LogP contribution in [0.5, 0.6) is 34.5 Å². The van der Waals surface area contributed by atoms with Crippen molar-refractivity contribution >= 4 is 17.2 Å². The van der Waals surface area contributed by atoms with Gasteiger partial charge in [0.05, 0.1) is 60.1 Å². The zero-order chi connectivity index (χ0) is 28.4. The van der Waals surface area contributed by atoms with Gasteiger partial charge in [-0.1, -0.05) is 12.1 Å². The molecule has 9 heteroatoms. The van der Waals surface area contributed by atoms with Crippen LogP contribution in [-0.4, -0.2) is 48.4 Å². The van der Waals surface area contributed by atoms with Crippen LogP contribution in [0.4, 0.5) is 11.4 Å². The molecule has 210 valence electrons. The molecule has 0 saturated heterocycles. The lowest BCUT2D eigenvalue weighted by molar-refractivity contribution is -0.116. The van der Waals surface area contributed by atoms with Gasteiger partial charge in [0.25, 0.3) is 0 Å².